The fraction of sp³-hybridized carbons (Fsp3) is 0.100. The Balaban J connectivity index is 1.70. The number of rotatable bonds is 5. The third-order valence-corrected chi connectivity index (χ3v) is 4.67. The predicted octanol–water partition coefficient (Wildman–Crippen LogP) is 3.62. The molecule has 0 aliphatic rings. The molecule has 9 nitrogen and oxygen atoms in total. The van der Waals surface area contributed by atoms with Crippen LogP contribution in [0.25, 0.3) is 17.3 Å². The highest BCUT2D eigenvalue weighted by molar-refractivity contribution is 6.35. The Morgan fingerprint density at radius 3 is 2.52 bits per heavy atom. The normalized spacial score (nSPS) is 11.8. The molecule has 0 spiro atoms. The lowest BCUT2D eigenvalue weighted by Crippen LogP contribution is -2.28. The minimum Gasteiger partial charge on any atom is -0.506 e. The third-order valence-electron chi connectivity index (χ3n) is 4.23. The number of hydrogen-bond acceptors (Lipinski definition) is 7. The first-order valence-corrected chi connectivity index (χ1v) is 9.82. The Morgan fingerprint density at radius 2 is 1.87 bits per heavy atom. The van der Waals surface area contributed by atoms with Crippen molar-refractivity contribution >= 4 is 29.1 Å². The van der Waals surface area contributed by atoms with Crippen LogP contribution in [-0.4, -0.2) is 40.7 Å². The van der Waals surface area contributed by atoms with Crippen LogP contribution < -0.4 is 5.32 Å². The van der Waals surface area contributed by atoms with E-state index in [-0.39, 0.29) is 11.7 Å². The molecule has 1 unspecified atom stereocenters. The van der Waals surface area contributed by atoms with Crippen LogP contribution in [0.4, 0.5) is 0 Å². The van der Waals surface area contributed by atoms with Gasteiger partial charge < -0.3 is 10.4 Å². The summed E-state index contributed by atoms with van der Waals surface area (Å²) in [5.74, 6) is 0.748. The van der Waals surface area contributed by atoms with Crippen LogP contribution in [0.15, 0.2) is 55.1 Å². The number of benzene rings is 1. The zero-order valence-electron chi connectivity index (χ0n) is 16.1. The molecule has 4 rings (SSSR count). The lowest BCUT2D eigenvalue weighted by Gasteiger charge is -2.14. The van der Waals surface area contributed by atoms with E-state index in [9.17, 15) is 9.90 Å². The molecule has 2 N–H and O–H groups in total. The standard InChI is InChI=1S/C20H15Cl2N7O2/c1-11(26-20(31)12-6-13(21)8-14(22)7-12)19-27-18(16-10-23-4-5-24-16)28-29(19)17-3-2-15(30)9-25-17/h2-11,30H,1H3,(H,26,31). The number of hydrogen-bond donors (Lipinski definition) is 2. The maximum absolute atomic E-state index is 12.7. The molecule has 31 heavy (non-hydrogen) atoms. The minimum absolute atomic E-state index is 0.0127. The second-order valence-corrected chi connectivity index (χ2v) is 7.40. The van der Waals surface area contributed by atoms with Crippen molar-refractivity contribution < 1.29 is 9.90 Å². The zero-order valence-corrected chi connectivity index (χ0v) is 17.6. The van der Waals surface area contributed by atoms with Gasteiger partial charge in [-0.1, -0.05) is 23.2 Å². The van der Waals surface area contributed by atoms with Crippen molar-refractivity contribution in [2.75, 3.05) is 0 Å². The Kier molecular flexibility index (Phi) is 5.79. The number of carbonyl (C=O) groups is 1. The van der Waals surface area contributed by atoms with Gasteiger partial charge in [-0.3, -0.25) is 9.78 Å². The molecule has 0 aliphatic heterocycles. The Morgan fingerprint density at radius 1 is 1.10 bits per heavy atom. The maximum Gasteiger partial charge on any atom is 0.251 e. The lowest BCUT2D eigenvalue weighted by atomic mass is 10.2. The van der Waals surface area contributed by atoms with Gasteiger partial charge in [0.25, 0.3) is 5.91 Å². The molecule has 0 bridgehead atoms. The summed E-state index contributed by atoms with van der Waals surface area (Å²) in [6, 6.07) is 7.08. The fourth-order valence-corrected chi connectivity index (χ4v) is 3.36. The molecule has 0 saturated carbocycles. The highest BCUT2D eigenvalue weighted by atomic mass is 35.5. The van der Waals surface area contributed by atoms with Gasteiger partial charge in [0.05, 0.1) is 18.4 Å². The molecule has 3 heterocycles. The van der Waals surface area contributed by atoms with Crippen molar-refractivity contribution in [3.05, 3.63) is 76.6 Å². The molecule has 11 heteroatoms. The number of carbonyl (C=O) groups excluding carboxylic acids is 1. The van der Waals surface area contributed by atoms with E-state index in [2.05, 4.69) is 30.4 Å². The van der Waals surface area contributed by atoms with Crippen molar-refractivity contribution in [2.24, 2.45) is 0 Å². The SMILES string of the molecule is CC(NC(=O)c1cc(Cl)cc(Cl)c1)c1nc(-c2cnccn2)nn1-c1ccc(O)cn1. The first kappa shape index (κ1) is 20.7. The molecule has 0 fully saturated rings. The number of amides is 1. The largest absolute Gasteiger partial charge is 0.506 e. The van der Waals surface area contributed by atoms with Gasteiger partial charge in [0.2, 0.25) is 5.82 Å². The molecule has 1 aromatic carbocycles. The molecule has 1 amide bonds. The summed E-state index contributed by atoms with van der Waals surface area (Å²) in [5.41, 5.74) is 0.772. The molecule has 0 saturated heterocycles. The Hall–Kier alpha value is -3.56. The second kappa shape index (κ2) is 8.66. The quantitative estimate of drug-likeness (QED) is 0.471. The van der Waals surface area contributed by atoms with Gasteiger partial charge in [-0.15, -0.1) is 5.10 Å². The van der Waals surface area contributed by atoms with Gasteiger partial charge in [0, 0.05) is 28.0 Å². The first-order valence-electron chi connectivity index (χ1n) is 9.06. The molecular weight excluding hydrogens is 441 g/mol. The summed E-state index contributed by atoms with van der Waals surface area (Å²) in [4.78, 5) is 29.7. The number of nitrogens with one attached hydrogen (secondary N) is 1. The van der Waals surface area contributed by atoms with Gasteiger partial charge in [-0.05, 0) is 37.3 Å². The smallest absolute Gasteiger partial charge is 0.251 e. The molecular formula is C20H15Cl2N7O2. The van der Waals surface area contributed by atoms with E-state index in [1.165, 1.54) is 41.5 Å². The van der Waals surface area contributed by atoms with Crippen LogP contribution in [0.1, 0.15) is 29.1 Å². The average Bonchev–Trinajstić information content (AvgIpc) is 3.20. The number of halogens is 2. The molecule has 4 aromatic rings. The fourth-order valence-electron chi connectivity index (χ4n) is 2.83. The molecule has 0 aliphatic carbocycles. The van der Waals surface area contributed by atoms with E-state index >= 15 is 0 Å². The molecule has 3 aromatic heterocycles. The summed E-state index contributed by atoms with van der Waals surface area (Å²) in [6.45, 7) is 1.76. The minimum atomic E-state index is -0.571. The van der Waals surface area contributed by atoms with Crippen LogP contribution in [0.2, 0.25) is 10.0 Å². The maximum atomic E-state index is 12.7. The van der Waals surface area contributed by atoms with E-state index in [0.717, 1.165) is 0 Å². The number of aromatic nitrogens is 6. The van der Waals surface area contributed by atoms with Crippen molar-refractivity contribution in [3.8, 4) is 23.1 Å². The van der Waals surface area contributed by atoms with E-state index < -0.39 is 6.04 Å². The van der Waals surface area contributed by atoms with Crippen LogP contribution in [0.3, 0.4) is 0 Å². The highest BCUT2D eigenvalue weighted by Gasteiger charge is 2.22. The summed E-state index contributed by atoms with van der Waals surface area (Å²) in [5, 5.41) is 17.6. The lowest BCUT2D eigenvalue weighted by molar-refractivity contribution is 0.0938. The van der Waals surface area contributed by atoms with Crippen LogP contribution >= 0.6 is 23.2 Å². The number of pyridine rings is 1. The predicted molar refractivity (Wildman–Crippen MR) is 114 cm³/mol. The van der Waals surface area contributed by atoms with Gasteiger partial charge in [0.15, 0.2) is 11.6 Å². The Bertz CT molecular complexity index is 1210. The van der Waals surface area contributed by atoms with E-state index in [1.54, 1.807) is 25.3 Å². The summed E-state index contributed by atoms with van der Waals surface area (Å²) >= 11 is 12.0. The van der Waals surface area contributed by atoms with Crippen LogP contribution in [0.5, 0.6) is 5.75 Å². The summed E-state index contributed by atoms with van der Waals surface area (Å²) in [7, 11) is 0. The molecule has 1 atom stereocenters. The summed E-state index contributed by atoms with van der Waals surface area (Å²) in [6.07, 6.45) is 5.90. The van der Waals surface area contributed by atoms with Crippen molar-refractivity contribution in [3.63, 3.8) is 0 Å². The molecule has 156 valence electrons. The van der Waals surface area contributed by atoms with Crippen LogP contribution in [0, 0.1) is 0 Å². The topological polar surface area (TPSA) is 119 Å². The Labute approximate surface area is 186 Å². The van der Waals surface area contributed by atoms with Gasteiger partial charge in [0.1, 0.15) is 11.4 Å². The van der Waals surface area contributed by atoms with Gasteiger partial charge >= 0.3 is 0 Å². The highest BCUT2D eigenvalue weighted by Crippen LogP contribution is 2.22. The third kappa shape index (κ3) is 4.62. The second-order valence-electron chi connectivity index (χ2n) is 6.52. The van der Waals surface area contributed by atoms with Crippen LogP contribution in [-0.2, 0) is 0 Å². The van der Waals surface area contributed by atoms with Crippen molar-refractivity contribution in [2.45, 2.75) is 13.0 Å². The monoisotopic (exact) mass is 455 g/mol. The van der Waals surface area contributed by atoms with Crippen molar-refractivity contribution in [1.29, 1.82) is 0 Å². The number of nitrogens with zero attached hydrogens (tertiary/aromatic N) is 6. The zero-order chi connectivity index (χ0) is 22.0. The van der Waals surface area contributed by atoms with E-state index in [0.29, 0.717) is 38.8 Å². The average molecular weight is 456 g/mol. The summed E-state index contributed by atoms with van der Waals surface area (Å²) < 4.78 is 1.47. The number of aromatic hydroxyl groups is 1. The first-order chi connectivity index (χ1) is 14.9. The van der Waals surface area contributed by atoms with Gasteiger partial charge in [-0.2, -0.15) is 4.68 Å². The van der Waals surface area contributed by atoms with E-state index in [4.69, 9.17) is 23.2 Å². The van der Waals surface area contributed by atoms with Crippen molar-refractivity contribution in [1.82, 2.24) is 35.0 Å². The molecule has 0 radical (unpaired) electrons. The van der Waals surface area contributed by atoms with Gasteiger partial charge in [-0.25, -0.2) is 15.0 Å². The van der Waals surface area contributed by atoms with E-state index in [1.807, 2.05) is 0 Å².